The first-order valence-electron chi connectivity index (χ1n) is 6.17. The number of nitrogens with two attached hydrogens (primary N) is 1. The van der Waals surface area contributed by atoms with Crippen molar-refractivity contribution in [2.75, 3.05) is 5.73 Å². The molecule has 2 N–H and O–H groups in total. The molecule has 96 valence electrons. The quantitative estimate of drug-likeness (QED) is 0.911. The Kier molecular flexibility index (Phi) is 3.87. The molecular formula is C14H19N3S. The molecule has 0 atom stereocenters. The summed E-state index contributed by atoms with van der Waals surface area (Å²) < 4.78 is 2.36. The highest BCUT2D eigenvalue weighted by molar-refractivity contribution is 7.13. The summed E-state index contributed by atoms with van der Waals surface area (Å²) in [5.74, 6) is 0. The van der Waals surface area contributed by atoms with Crippen molar-refractivity contribution >= 4 is 28.6 Å². The number of nitrogen functional groups attached to an aromatic ring is 1. The van der Waals surface area contributed by atoms with Gasteiger partial charge in [0.2, 0.25) is 0 Å². The maximum absolute atomic E-state index is 5.61. The Bertz CT molecular complexity index is 564. The van der Waals surface area contributed by atoms with Crippen LogP contribution < -0.4 is 5.73 Å². The molecule has 2 heterocycles. The average molecular weight is 261 g/mol. The van der Waals surface area contributed by atoms with E-state index in [2.05, 4.69) is 42.5 Å². The molecule has 2 aromatic rings. The van der Waals surface area contributed by atoms with Crippen LogP contribution in [-0.2, 0) is 6.54 Å². The predicted octanol–water partition coefficient (Wildman–Crippen LogP) is 3.72. The standard InChI is InChI=1S/C14H19N3S/c1-4-7-17-10(2)8-12(11(17)3)5-6-13-9-18-14(15)16-13/h5-6,8-9H,4,7H2,1-3H3,(H2,15,16)/b6-5+. The predicted molar refractivity (Wildman–Crippen MR) is 79.7 cm³/mol. The van der Waals surface area contributed by atoms with Crippen molar-refractivity contribution in [2.45, 2.75) is 33.7 Å². The fourth-order valence-electron chi connectivity index (χ4n) is 2.12. The van der Waals surface area contributed by atoms with Gasteiger partial charge in [0.05, 0.1) is 5.69 Å². The normalized spacial score (nSPS) is 11.5. The van der Waals surface area contributed by atoms with Gasteiger partial charge in [0.25, 0.3) is 0 Å². The number of hydrogen-bond acceptors (Lipinski definition) is 3. The number of aromatic nitrogens is 2. The van der Waals surface area contributed by atoms with E-state index in [4.69, 9.17) is 5.73 Å². The maximum Gasteiger partial charge on any atom is 0.180 e. The lowest BCUT2D eigenvalue weighted by atomic mass is 10.2. The number of rotatable bonds is 4. The Morgan fingerprint density at radius 2 is 2.17 bits per heavy atom. The van der Waals surface area contributed by atoms with Gasteiger partial charge in [0.1, 0.15) is 0 Å². The molecule has 3 nitrogen and oxygen atoms in total. The number of thiazole rings is 1. The van der Waals surface area contributed by atoms with Gasteiger partial charge in [-0.15, -0.1) is 11.3 Å². The van der Waals surface area contributed by atoms with Crippen molar-refractivity contribution in [1.29, 1.82) is 0 Å². The Labute approximate surface area is 112 Å². The summed E-state index contributed by atoms with van der Waals surface area (Å²) in [6, 6.07) is 2.22. The smallest absolute Gasteiger partial charge is 0.180 e. The van der Waals surface area contributed by atoms with Crippen LogP contribution in [-0.4, -0.2) is 9.55 Å². The summed E-state index contributed by atoms with van der Waals surface area (Å²) in [4.78, 5) is 4.22. The van der Waals surface area contributed by atoms with Crippen LogP contribution in [0, 0.1) is 13.8 Å². The van der Waals surface area contributed by atoms with Gasteiger partial charge in [-0.25, -0.2) is 4.98 Å². The van der Waals surface area contributed by atoms with E-state index >= 15 is 0 Å². The number of hydrogen-bond donors (Lipinski definition) is 1. The summed E-state index contributed by atoms with van der Waals surface area (Å²) in [6.07, 6.45) is 5.29. The Hall–Kier alpha value is -1.55. The Morgan fingerprint density at radius 3 is 2.78 bits per heavy atom. The summed E-state index contributed by atoms with van der Waals surface area (Å²) in [5.41, 5.74) is 10.4. The van der Waals surface area contributed by atoms with E-state index in [-0.39, 0.29) is 0 Å². The highest BCUT2D eigenvalue weighted by Gasteiger charge is 2.05. The third kappa shape index (κ3) is 2.64. The average Bonchev–Trinajstić information content (AvgIpc) is 2.86. The van der Waals surface area contributed by atoms with Crippen LogP contribution >= 0.6 is 11.3 Å². The molecule has 0 unspecified atom stereocenters. The minimum Gasteiger partial charge on any atom is -0.375 e. The van der Waals surface area contributed by atoms with Crippen LogP contribution in [0.15, 0.2) is 11.4 Å². The molecule has 0 aromatic carbocycles. The van der Waals surface area contributed by atoms with Gasteiger partial charge in [-0.2, -0.15) is 0 Å². The minimum atomic E-state index is 0.617. The van der Waals surface area contributed by atoms with Gasteiger partial charge in [0, 0.05) is 23.3 Å². The third-order valence-electron chi connectivity index (χ3n) is 3.03. The minimum absolute atomic E-state index is 0.617. The molecule has 0 saturated carbocycles. The fraction of sp³-hybridized carbons (Fsp3) is 0.357. The molecule has 0 aliphatic carbocycles. The SMILES string of the molecule is CCCn1c(C)cc(/C=C/c2csc(N)n2)c1C. The first kappa shape index (κ1) is 12.9. The topological polar surface area (TPSA) is 43.8 Å². The summed E-state index contributed by atoms with van der Waals surface area (Å²) in [7, 11) is 0. The van der Waals surface area contributed by atoms with E-state index < -0.39 is 0 Å². The van der Waals surface area contributed by atoms with E-state index in [1.807, 2.05) is 11.5 Å². The lowest BCUT2D eigenvalue weighted by Crippen LogP contribution is -2.00. The van der Waals surface area contributed by atoms with Gasteiger partial charge in [-0.05, 0) is 38.0 Å². The van der Waals surface area contributed by atoms with Crippen LogP contribution in [0.2, 0.25) is 0 Å². The zero-order valence-electron chi connectivity index (χ0n) is 11.1. The van der Waals surface area contributed by atoms with Crippen LogP contribution in [0.3, 0.4) is 0 Å². The van der Waals surface area contributed by atoms with Crippen molar-refractivity contribution in [2.24, 2.45) is 0 Å². The Morgan fingerprint density at radius 1 is 1.39 bits per heavy atom. The van der Waals surface area contributed by atoms with E-state index in [0.29, 0.717) is 5.13 Å². The molecule has 4 heteroatoms. The van der Waals surface area contributed by atoms with E-state index in [9.17, 15) is 0 Å². The molecule has 0 aliphatic rings. The highest BCUT2D eigenvalue weighted by Crippen LogP contribution is 2.19. The van der Waals surface area contributed by atoms with Crippen molar-refractivity contribution in [3.63, 3.8) is 0 Å². The lowest BCUT2D eigenvalue weighted by molar-refractivity contribution is 0.648. The third-order valence-corrected chi connectivity index (χ3v) is 3.73. The van der Waals surface area contributed by atoms with Crippen molar-refractivity contribution in [3.05, 3.63) is 34.1 Å². The molecule has 0 bridgehead atoms. The lowest BCUT2D eigenvalue weighted by Gasteiger charge is -2.06. The van der Waals surface area contributed by atoms with Crippen molar-refractivity contribution < 1.29 is 0 Å². The molecule has 0 saturated heterocycles. The number of nitrogens with zero attached hydrogens (tertiary/aromatic N) is 2. The molecule has 0 aliphatic heterocycles. The Balaban J connectivity index is 2.24. The second-order valence-corrected chi connectivity index (χ2v) is 5.31. The van der Waals surface area contributed by atoms with Gasteiger partial charge in [-0.3, -0.25) is 0 Å². The van der Waals surface area contributed by atoms with Crippen LogP contribution in [0.25, 0.3) is 12.2 Å². The second-order valence-electron chi connectivity index (χ2n) is 4.42. The van der Waals surface area contributed by atoms with Crippen LogP contribution in [0.5, 0.6) is 0 Å². The zero-order chi connectivity index (χ0) is 13.1. The van der Waals surface area contributed by atoms with Gasteiger partial charge < -0.3 is 10.3 Å². The number of aryl methyl sites for hydroxylation is 1. The van der Waals surface area contributed by atoms with Crippen LogP contribution in [0.4, 0.5) is 5.13 Å². The first-order chi connectivity index (χ1) is 8.61. The van der Waals surface area contributed by atoms with E-state index in [1.54, 1.807) is 0 Å². The molecule has 18 heavy (non-hydrogen) atoms. The maximum atomic E-state index is 5.61. The summed E-state index contributed by atoms with van der Waals surface area (Å²) >= 11 is 1.47. The van der Waals surface area contributed by atoms with Gasteiger partial charge >= 0.3 is 0 Å². The largest absolute Gasteiger partial charge is 0.375 e. The van der Waals surface area contributed by atoms with E-state index in [1.165, 1.54) is 28.3 Å². The van der Waals surface area contributed by atoms with Crippen LogP contribution in [0.1, 0.15) is 36.0 Å². The number of anilines is 1. The zero-order valence-corrected chi connectivity index (χ0v) is 11.9. The first-order valence-corrected chi connectivity index (χ1v) is 7.05. The highest BCUT2D eigenvalue weighted by atomic mass is 32.1. The second kappa shape index (κ2) is 5.40. The fourth-order valence-corrected chi connectivity index (χ4v) is 2.65. The van der Waals surface area contributed by atoms with Gasteiger partial charge in [-0.1, -0.05) is 13.0 Å². The molecule has 0 amide bonds. The summed E-state index contributed by atoms with van der Waals surface area (Å²) in [6.45, 7) is 7.60. The van der Waals surface area contributed by atoms with Crippen molar-refractivity contribution in [3.8, 4) is 0 Å². The monoisotopic (exact) mass is 261 g/mol. The van der Waals surface area contributed by atoms with Crippen molar-refractivity contribution in [1.82, 2.24) is 9.55 Å². The summed E-state index contributed by atoms with van der Waals surface area (Å²) in [5, 5.41) is 2.59. The molecule has 0 spiro atoms. The van der Waals surface area contributed by atoms with E-state index in [0.717, 1.165) is 18.7 Å². The molecule has 0 radical (unpaired) electrons. The molecular weight excluding hydrogens is 242 g/mol. The van der Waals surface area contributed by atoms with Gasteiger partial charge in [0.15, 0.2) is 5.13 Å². The molecule has 2 rings (SSSR count). The molecule has 0 fully saturated rings. The molecule has 2 aromatic heterocycles.